The fourth-order valence-electron chi connectivity index (χ4n) is 3.68. The number of aryl methyl sites for hydroxylation is 1. The third-order valence-electron chi connectivity index (χ3n) is 5.29. The van der Waals surface area contributed by atoms with Gasteiger partial charge in [-0.2, -0.15) is 0 Å². The molecule has 0 saturated carbocycles. The number of ether oxygens (including phenoxy) is 1. The average molecular weight is 375 g/mol. The smallest absolute Gasteiger partial charge is 0.255 e. The standard InChI is InChI=1S/C23H25N3O2/c1-16-14-22(26-12-4-3-5-13-26)25-21-11-8-18(15-20(16)21)24-23(27)17-6-9-19(28-2)10-7-17/h6-11,14-15H,3-5,12-13H2,1-2H3,(H,24,27). The number of hydrogen-bond donors (Lipinski definition) is 1. The van der Waals surface area contributed by atoms with Gasteiger partial charge in [0, 0.05) is 29.7 Å². The summed E-state index contributed by atoms with van der Waals surface area (Å²) in [6, 6.07) is 15.1. The lowest BCUT2D eigenvalue weighted by Gasteiger charge is -2.28. The van der Waals surface area contributed by atoms with Crippen molar-refractivity contribution >= 4 is 28.3 Å². The van der Waals surface area contributed by atoms with Crippen LogP contribution in [0.3, 0.4) is 0 Å². The van der Waals surface area contributed by atoms with Gasteiger partial charge < -0.3 is 15.0 Å². The van der Waals surface area contributed by atoms with Crippen LogP contribution in [0, 0.1) is 6.92 Å². The molecule has 0 unspecified atom stereocenters. The van der Waals surface area contributed by atoms with Crippen molar-refractivity contribution in [1.82, 2.24) is 4.98 Å². The quantitative estimate of drug-likeness (QED) is 0.712. The molecule has 3 aromatic rings. The van der Waals surface area contributed by atoms with Crippen molar-refractivity contribution in [3.05, 3.63) is 59.7 Å². The Morgan fingerprint density at radius 2 is 1.79 bits per heavy atom. The molecule has 1 amide bonds. The first-order valence-electron chi connectivity index (χ1n) is 9.76. The van der Waals surface area contributed by atoms with Crippen LogP contribution < -0.4 is 15.0 Å². The molecule has 2 aromatic carbocycles. The van der Waals surface area contributed by atoms with Gasteiger partial charge in [0.05, 0.1) is 12.6 Å². The van der Waals surface area contributed by atoms with E-state index in [0.29, 0.717) is 5.56 Å². The first-order chi connectivity index (χ1) is 13.6. The monoisotopic (exact) mass is 375 g/mol. The van der Waals surface area contributed by atoms with Crippen molar-refractivity contribution in [2.75, 3.05) is 30.4 Å². The van der Waals surface area contributed by atoms with E-state index in [1.54, 1.807) is 31.4 Å². The fourth-order valence-corrected chi connectivity index (χ4v) is 3.68. The lowest BCUT2D eigenvalue weighted by atomic mass is 10.1. The summed E-state index contributed by atoms with van der Waals surface area (Å²) < 4.78 is 5.14. The van der Waals surface area contributed by atoms with Crippen LogP contribution in [-0.4, -0.2) is 31.1 Å². The third kappa shape index (κ3) is 3.79. The van der Waals surface area contributed by atoms with Gasteiger partial charge in [0.25, 0.3) is 5.91 Å². The number of fused-ring (bicyclic) bond motifs is 1. The van der Waals surface area contributed by atoms with Crippen molar-refractivity contribution in [3.8, 4) is 5.75 Å². The van der Waals surface area contributed by atoms with E-state index in [1.165, 1.54) is 24.8 Å². The molecule has 4 rings (SSSR count). The van der Waals surface area contributed by atoms with Gasteiger partial charge >= 0.3 is 0 Å². The van der Waals surface area contributed by atoms with Crippen molar-refractivity contribution in [2.24, 2.45) is 0 Å². The SMILES string of the molecule is COc1ccc(C(=O)Nc2ccc3nc(N4CCCCC4)cc(C)c3c2)cc1. The number of nitrogens with zero attached hydrogens (tertiary/aromatic N) is 2. The summed E-state index contributed by atoms with van der Waals surface area (Å²) in [7, 11) is 1.61. The van der Waals surface area contributed by atoms with Gasteiger partial charge in [0.15, 0.2) is 0 Å². The molecule has 0 spiro atoms. The summed E-state index contributed by atoms with van der Waals surface area (Å²) in [5.41, 5.74) is 3.49. The minimum absolute atomic E-state index is 0.141. The highest BCUT2D eigenvalue weighted by molar-refractivity contribution is 6.05. The molecule has 0 bridgehead atoms. The maximum atomic E-state index is 12.5. The Balaban J connectivity index is 1.56. The van der Waals surface area contributed by atoms with E-state index in [4.69, 9.17) is 9.72 Å². The summed E-state index contributed by atoms with van der Waals surface area (Å²) in [6.07, 6.45) is 3.77. The van der Waals surface area contributed by atoms with Gasteiger partial charge in [-0.3, -0.25) is 4.79 Å². The lowest BCUT2D eigenvalue weighted by molar-refractivity contribution is 0.102. The molecule has 1 aliphatic rings. The molecule has 144 valence electrons. The minimum Gasteiger partial charge on any atom is -0.497 e. The summed E-state index contributed by atoms with van der Waals surface area (Å²) in [6.45, 7) is 4.26. The second-order valence-electron chi connectivity index (χ2n) is 7.26. The number of carbonyl (C=O) groups is 1. The van der Waals surface area contributed by atoms with Crippen LogP contribution in [0.4, 0.5) is 11.5 Å². The van der Waals surface area contributed by atoms with E-state index >= 15 is 0 Å². The van der Waals surface area contributed by atoms with Crippen LogP contribution in [0.2, 0.25) is 0 Å². The number of hydrogen-bond acceptors (Lipinski definition) is 4. The molecule has 1 saturated heterocycles. The number of amides is 1. The molecule has 2 heterocycles. The summed E-state index contributed by atoms with van der Waals surface area (Å²) in [5, 5.41) is 4.04. The van der Waals surface area contributed by atoms with Crippen molar-refractivity contribution in [3.63, 3.8) is 0 Å². The molecule has 1 aromatic heterocycles. The van der Waals surface area contributed by atoms with Crippen LogP contribution in [0.15, 0.2) is 48.5 Å². The Morgan fingerprint density at radius 3 is 2.50 bits per heavy atom. The molecule has 0 atom stereocenters. The second-order valence-corrected chi connectivity index (χ2v) is 7.26. The summed E-state index contributed by atoms with van der Waals surface area (Å²) in [5.74, 6) is 1.64. The zero-order chi connectivity index (χ0) is 19.5. The summed E-state index contributed by atoms with van der Waals surface area (Å²) >= 11 is 0. The van der Waals surface area contributed by atoms with E-state index in [-0.39, 0.29) is 5.91 Å². The number of carbonyl (C=O) groups excluding carboxylic acids is 1. The first-order valence-corrected chi connectivity index (χ1v) is 9.76. The van der Waals surface area contributed by atoms with Gasteiger partial charge in [0.1, 0.15) is 11.6 Å². The predicted octanol–water partition coefficient (Wildman–Crippen LogP) is 4.79. The number of aromatic nitrogens is 1. The molecule has 28 heavy (non-hydrogen) atoms. The highest BCUT2D eigenvalue weighted by Gasteiger charge is 2.14. The second kappa shape index (κ2) is 7.89. The molecular weight excluding hydrogens is 350 g/mol. The van der Waals surface area contributed by atoms with Gasteiger partial charge in [-0.25, -0.2) is 4.98 Å². The van der Waals surface area contributed by atoms with Crippen molar-refractivity contribution in [1.29, 1.82) is 0 Å². The number of pyridine rings is 1. The van der Waals surface area contributed by atoms with E-state index in [0.717, 1.165) is 41.2 Å². The maximum Gasteiger partial charge on any atom is 0.255 e. The Labute approximate surface area is 165 Å². The van der Waals surface area contributed by atoms with E-state index in [9.17, 15) is 4.79 Å². The van der Waals surface area contributed by atoms with E-state index in [1.807, 2.05) is 18.2 Å². The van der Waals surface area contributed by atoms with Crippen LogP contribution in [0.5, 0.6) is 5.75 Å². The number of rotatable bonds is 4. The number of piperidine rings is 1. The van der Waals surface area contributed by atoms with E-state index < -0.39 is 0 Å². The molecule has 5 nitrogen and oxygen atoms in total. The lowest BCUT2D eigenvalue weighted by Crippen LogP contribution is -2.30. The number of anilines is 2. The molecule has 1 N–H and O–H groups in total. The van der Waals surface area contributed by atoms with Crippen LogP contribution in [0.1, 0.15) is 35.2 Å². The number of benzene rings is 2. The third-order valence-corrected chi connectivity index (χ3v) is 5.29. The topological polar surface area (TPSA) is 54.5 Å². The van der Waals surface area contributed by atoms with Crippen LogP contribution >= 0.6 is 0 Å². The van der Waals surface area contributed by atoms with Crippen molar-refractivity contribution < 1.29 is 9.53 Å². The van der Waals surface area contributed by atoms with Gasteiger partial charge in [-0.1, -0.05) is 0 Å². The zero-order valence-electron chi connectivity index (χ0n) is 16.4. The molecule has 5 heteroatoms. The normalized spacial score (nSPS) is 14.1. The Bertz CT molecular complexity index is 993. The average Bonchev–Trinajstić information content (AvgIpc) is 2.74. The Kier molecular flexibility index (Phi) is 5.15. The van der Waals surface area contributed by atoms with Crippen LogP contribution in [0.25, 0.3) is 10.9 Å². The van der Waals surface area contributed by atoms with Gasteiger partial charge in [-0.15, -0.1) is 0 Å². The van der Waals surface area contributed by atoms with Crippen molar-refractivity contribution in [2.45, 2.75) is 26.2 Å². The predicted molar refractivity (Wildman–Crippen MR) is 113 cm³/mol. The zero-order valence-corrected chi connectivity index (χ0v) is 16.4. The Morgan fingerprint density at radius 1 is 1.04 bits per heavy atom. The molecular formula is C23H25N3O2. The maximum absolute atomic E-state index is 12.5. The van der Waals surface area contributed by atoms with E-state index in [2.05, 4.69) is 23.2 Å². The van der Waals surface area contributed by atoms with Gasteiger partial charge in [0.2, 0.25) is 0 Å². The number of nitrogens with one attached hydrogen (secondary N) is 1. The highest BCUT2D eigenvalue weighted by atomic mass is 16.5. The number of methoxy groups -OCH3 is 1. The fraction of sp³-hybridized carbons (Fsp3) is 0.304. The molecule has 0 aliphatic carbocycles. The highest BCUT2D eigenvalue weighted by Crippen LogP contribution is 2.27. The molecule has 1 aliphatic heterocycles. The first kappa shape index (κ1) is 18.3. The molecule has 1 fully saturated rings. The van der Waals surface area contributed by atoms with Gasteiger partial charge in [-0.05, 0) is 80.3 Å². The largest absolute Gasteiger partial charge is 0.497 e. The minimum atomic E-state index is -0.141. The van der Waals surface area contributed by atoms with Crippen LogP contribution in [-0.2, 0) is 0 Å². The molecule has 0 radical (unpaired) electrons. The Hall–Kier alpha value is -3.08. The summed E-state index contributed by atoms with van der Waals surface area (Å²) in [4.78, 5) is 19.7.